The highest BCUT2D eigenvalue weighted by molar-refractivity contribution is 5.68. The molecule has 1 aromatic rings. The number of likely N-dealkylation sites (tertiary alicyclic amines) is 1. The first-order chi connectivity index (χ1) is 9.83. The minimum atomic E-state index is -0.457. The highest BCUT2D eigenvalue weighted by atomic mass is 16.6. The van der Waals surface area contributed by atoms with Crippen molar-refractivity contribution in [2.45, 2.75) is 52.2 Å². The molecule has 1 aromatic heterocycles. The summed E-state index contributed by atoms with van der Waals surface area (Å²) in [6.45, 7) is 8.77. The average molecular weight is 293 g/mol. The Balaban J connectivity index is 1.82. The summed E-state index contributed by atoms with van der Waals surface area (Å²) in [4.78, 5) is 22.0. The largest absolute Gasteiger partial charge is 0.473 e. The molecule has 1 fully saturated rings. The minimum absolute atomic E-state index is 0.0692. The van der Waals surface area contributed by atoms with Gasteiger partial charge in [0.1, 0.15) is 11.7 Å². The van der Waals surface area contributed by atoms with E-state index in [4.69, 9.17) is 9.47 Å². The summed E-state index contributed by atoms with van der Waals surface area (Å²) < 4.78 is 11.2. The Labute approximate surface area is 125 Å². The van der Waals surface area contributed by atoms with Gasteiger partial charge in [0.05, 0.1) is 11.9 Å². The summed E-state index contributed by atoms with van der Waals surface area (Å²) in [5.74, 6) is 0.547. The molecule has 6 heteroatoms. The van der Waals surface area contributed by atoms with Crippen LogP contribution in [0.25, 0.3) is 0 Å². The highest BCUT2D eigenvalue weighted by Crippen LogP contribution is 2.19. The number of carbonyl (C=O) groups excluding carboxylic acids is 1. The van der Waals surface area contributed by atoms with Gasteiger partial charge in [-0.05, 0) is 27.7 Å². The summed E-state index contributed by atoms with van der Waals surface area (Å²) >= 11 is 0. The zero-order valence-corrected chi connectivity index (χ0v) is 13.1. The molecule has 0 saturated carbocycles. The fourth-order valence-corrected chi connectivity index (χ4v) is 2.15. The van der Waals surface area contributed by atoms with Crippen LogP contribution < -0.4 is 4.74 Å². The van der Waals surface area contributed by atoms with Crippen molar-refractivity contribution in [2.75, 3.05) is 13.1 Å². The number of ether oxygens (including phenoxy) is 2. The lowest BCUT2D eigenvalue weighted by atomic mass is 10.1. The van der Waals surface area contributed by atoms with Gasteiger partial charge in [0.25, 0.3) is 0 Å². The molecule has 6 nitrogen and oxygen atoms in total. The van der Waals surface area contributed by atoms with E-state index in [-0.39, 0.29) is 12.2 Å². The van der Waals surface area contributed by atoms with Gasteiger partial charge in [-0.15, -0.1) is 0 Å². The van der Waals surface area contributed by atoms with Crippen LogP contribution in [0, 0.1) is 6.92 Å². The second-order valence-corrected chi connectivity index (χ2v) is 6.28. The Bertz CT molecular complexity index is 491. The van der Waals surface area contributed by atoms with Crippen molar-refractivity contribution >= 4 is 6.09 Å². The quantitative estimate of drug-likeness (QED) is 0.838. The second kappa shape index (κ2) is 6.28. The molecule has 0 unspecified atom stereocenters. The standard InChI is InChI=1S/C15H23N3O3/c1-11-9-16-10-13(17-11)20-12-5-7-18(8-6-12)14(19)21-15(2,3)4/h9-10,12H,5-8H2,1-4H3. The Morgan fingerprint density at radius 3 is 2.52 bits per heavy atom. The van der Waals surface area contributed by atoms with E-state index in [1.807, 2.05) is 27.7 Å². The molecular weight excluding hydrogens is 270 g/mol. The fraction of sp³-hybridized carbons (Fsp3) is 0.667. The summed E-state index contributed by atoms with van der Waals surface area (Å²) in [6.07, 6.45) is 4.67. The number of hydrogen-bond acceptors (Lipinski definition) is 5. The van der Waals surface area contributed by atoms with Gasteiger partial charge in [0.2, 0.25) is 5.88 Å². The van der Waals surface area contributed by atoms with Crippen LogP contribution in [-0.4, -0.2) is 45.8 Å². The molecule has 0 bridgehead atoms. The minimum Gasteiger partial charge on any atom is -0.473 e. The predicted molar refractivity (Wildman–Crippen MR) is 78.2 cm³/mol. The van der Waals surface area contributed by atoms with E-state index in [2.05, 4.69) is 9.97 Å². The molecule has 0 aliphatic carbocycles. The van der Waals surface area contributed by atoms with E-state index >= 15 is 0 Å². The molecule has 21 heavy (non-hydrogen) atoms. The van der Waals surface area contributed by atoms with Crippen LogP contribution in [-0.2, 0) is 4.74 Å². The molecule has 116 valence electrons. The molecule has 0 spiro atoms. The van der Waals surface area contributed by atoms with Crippen molar-refractivity contribution in [2.24, 2.45) is 0 Å². The normalized spacial score (nSPS) is 16.7. The van der Waals surface area contributed by atoms with Crippen LogP contribution in [0.1, 0.15) is 39.3 Å². The maximum Gasteiger partial charge on any atom is 0.410 e. The summed E-state index contributed by atoms with van der Waals surface area (Å²) in [5.41, 5.74) is 0.375. The molecule has 0 N–H and O–H groups in total. The topological polar surface area (TPSA) is 64.5 Å². The van der Waals surface area contributed by atoms with Gasteiger partial charge in [-0.1, -0.05) is 0 Å². The molecule has 1 amide bonds. The van der Waals surface area contributed by atoms with E-state index < -0.39 is 5.60 Å². The summed E-state index contributed by atoms with van der Waals surface area (Å²) in [6, 6.07) is 0. The smallest absolute Gasteiger partial charge is 0.410 e. The van der Waals surface area contributed by atoms with Crippen LogP contribution in [0.2, 0.25) is 0 Å². The third kappa shape index (κ3) is 4.88. The van der Waals surface area contributed by atoms with E-state index in [0.717, 1.165) is 18.5 Å². The molecule has 2 heterocycles. The lowest BCUT2D eigenvalue weighted by molar-refractivity contribution is 0.0122. The fourth-order valence-electron chi connectivity index (χ4n) is 2.15. The zero-order chi connectivity index (χ0) is 15.5. The van der Waals surface area contributed by atoms with Gasteiger partial charge in [0.15, 0.2) is 0 Å². The van der Waals surface area contributed by atoms with Crippen LogP contribution >= 0.6 is 0 Å². The molecule has 0 aromatic carbocycles. The zero-order valence-electron chi connectivity index (χ0n) is 13.1. The monoisotopic (exact) mass is 293 g/mol. The number of piperidine rings is 1. The van der Waals surface area contributed by atoms with Gasteiger partial charge in [0, 0.05) is 32.1 Å². The van der Waals surface area contributed by atoms with Crippen molar-refractivity contribution in [3.63, 3.8) is 0 Å². The number of amides is 1. The van der Waals surface area contributed by atoms with Crippen LogP contribution in [0.4, 0.5) is 4.79 Å². The van der Waals surface area contributed by atoms with Gasteiger partial charge >= 0.3 is 6.09 Å². The van der Waals surface area contributed by atoms with Crippen molar-refractivity contribution in [1.82, 2.24) is 14.9 Å². The first kappa shape index (κ1) is 15.5. The van der Waals surface area contributed by atoms with E-state index in [1.165, 1.54) is 0 Å². The lowest BCUT2D eigenvalue weighted by Gasteiger charge is -2.33. The first-order valence-corrected chi connectivity index (χ1v) is 7.27. The number of hydrogen-bond donors (Lipinski definition) is 0. The maximum atomic E-state index is 12.0. The van der Waals surface area contributed by atoms with Gasteiger partial charge < -0.3 is 14.4 Å². The van der Waals surface area contributed by atoms with Gasteiger partial charge in [-0.2, -0.15) is 0 Å². The van der Waals surface area contributed by atoms with Crippen molar-refractivity contribution < 1.29 is 14.3 Å². The number of rotatable bonds is 2. The third-order valence-electron chi connectivity index (χ3n) is 3.11. The summed E-state index contributed by atoms with van der Waals surface area (Å²) in [7, 11) is 0. The number of aryl methyl sites for hydroxylation is 1. The van der Waals surface area contributed by atoms with Crippen molar-refractivity contribution in [1.29, 1.82) is 0 Å². The summed E-state index contributed by atoms with van der Waals surface area (Å²) in [5, 5.41) is 0. The Kier molecular flexibility index (Phi) is 4.65. The predicted octanol–water partition coefficient (Wildman–Crippen LogP) is 2.56. The molecule has 0 atom stereocenters. The van der Waals surface area contributed by atoms with Crippen LogP contribution in [0.5, 0.6) is 5.88 Å². The van der Waals surface area contributed by atoms with Gasteiger partial charge in [-0.25, -0.2) is 9.78 Å². The Morgan fingerprint density at radius 1 is 1.29 bits per heavy atom. The maximum absolute atomic E-state index is 12.0. The van der Waals surface area contributed by atoms with Crippen LogP contribution in [0.15, 0.2) is 12.4 Å². The molecular formula is C15H23N3O3. The number of aromatic nitrogens is 2. The van der Waals surface area contributed by atoms with E-state index in [9.17, 15) is 4.79 Å². The molecule has 2 rings (SSSR count). The number of carbonyl (C=O) groups is 1. The van der Waals surface area contributed by atoms with Crippen molar-refractivity contribution in [3.05, 3.63) is 18.1 Å². The van der Waals surface area contributed by atoms with Crippen molar-refractivity contribution in [3.8, 4) is 5.88 Å². The highest BCUT2D eigenvalue weighted by Gasteiger charge is 2.27. The SMILES string of the molecule is Cc1cncc(OC2CCN(C(=O)OC(C)(C)C)CC2)n1. The second-order valence-electron chi connectivity index (χ2n) is 6.28. The molecule has 1 saturated heterocycles. The molecule has 1 aliphatic rings. The number of nitrogens with zero attached hydrogens (tertiary/aromatic N) is 3. The van der Waals surface area contributed by atoms with Gasteiger partial charge in [-0.3, -0.25) is 4.98 Å². The molecule has 1 aliphatic heterocycles. The van der Waals surface area contributed by atoms with Crippen LogP contribution in [0.3, 0.4) is 0 Å². The Hall–Kier alpha value is -1.85. The average Bonchev–Trinajstić information content (AvgIpc) is 2.37. The third-order valence-corrected chi connectivity index (χ3v) is 3.11. The lowest BCUT2D eigenvalue weighted by Crippen LogP contribution is -2.44. The van der Waals surface area contributed by atoms with E-state index in [1.54, 1.807) is 17.3 Å². The van der Waals surface area contributed by atoms with E-state index in [0.29, 0.717) is 19.0 Å². The molecule has 0 radical (unpaired) electrons. The Morgan fingerprint density at radius 2 is 1.95 bits per heavy atom. The first-order valence-electron chi connectivity index (χ1n) is 7.27.